The zero-order valence-electron chi connectivity index (χ0n) is 18.9. The second kappa shape index (κ2) is 9.20. The van der Waals surface area contributed by atoms with Crippen molar-refractivity contribution >= 4 is 40.7 Å². The summed E-state index contributed by atoms with van der Waals surface area (Å²) in [5.41, 5.74) is -3.23. The first-order chi connectivity index (χ1) is 16.7. The Hall–Kier alpha value is -2.89. The minimum absolute atomic E-state index is 0.0243. The van der Waals surface area contributed by atoms with Gasteiger partial charge in [0.2, 0.25) is 0 Å². The summed E-state index contributed by atoms with van der Waals surface area (Å²) in [7, 11) is 1.52. The number of likely N-dealkylation sites (N-methyl/N-ethyl adjacent to an activating group) is 1. The molecule has 1 amide bonds. The number of amides is 1. The Morgan fingerprint density at radius 3 is 2.53 bits per heavy atom. The number of aliphatic hydroxyl groups excluding tert-OH is 1. The molecule has 0 bridgehead atoms. The van der Waals surface area contributed by atoms with E-state index < -0.39 is 52.8 Å². The van der Waals surface area contributed by atoms with Gasteiger partial charge in [-0.05, 0) is 36.8 Å². The van der Waals surface area contributed by atoms with Crippen LogP contribution in [0.25, 0.3) is 0 Å². The lowest BCUT2D eigenvalue weighted by Crippen LogP contribution is -2.44. The van der Waals surface area contributed by atoms with Crippen molar-refractivity contribution < 1.29 is 32.3 Å². The van der Waals surface area contributed by atoms with E-state index in [-0.39, 0.29) is 39.7 Å². The molecule has 36 heavy (non-hydrogen) atoms. The third-order valence-electron chi connectivity index (χ3n) is 6.32. The molecule has 2 aromatic carbocycles. The molecule has 0 saturated carbocycles. The second-order valence-corrected chi connectivity index (χ2v) is 9.48. The summed E-state index contributed by atoms with van der Waals surface area (Å²) in [4.78, 5) is 19.0. The number of alkyl halides is 3. The number of carbonyl (C=O) groups is 1. The number of nitrogens with one attached hydrogen (secondary N) is 2. The first kappa shape index (κ1) is 26.2. The number of nitrogens with zero attached hydrogens (tertiary/aromatic N) is 2. The van der Waals surface area contributed by atoms with Gasteiger partial charge in [0.15, 0.2) is 0 Å². The fourth-order valence-corrected chi connectivity index (χ4v) is 4.69. The predicted molar refractivity (Wildman–Crippen MR) is 125 cm³/mol. The van der Waals surface area contributed by atoms with Crippen molar-refractivity contribution in [3.8, 4) is 0 Å². The summed E-state index contributed by atoms with van der Waals surface area (Å²) < 4.78 is 56.6. The van der Waals surface area contributed by atoms with E-state index in [0.717, 1.165) is 12.1 Å². The Labute approximate surface area is 213 Å². The molecule has 3 N–H and O–H groups in total. The Morgan fingerprint density at radius 1 is 1.28 bits per heavy atom. The van der Waals surface area contributed by atoms with Gasteiger partial charge < -0.3 is 20.2 Å². The average molecular weight is 547 g/mol. The molecular formula is C23H20Cl2F4N4O3. The maximum Gasteiger partial charge on any atom is 0.435 e. The molecule has 2 heterocycles. The van der Waals surface area contributed by atoms with E-state index in [0.29, 0.717) is 0 Å². The lowest BCUT2D eigenvalue weighted by Gasteiger charge is -2.30. The molecule has 192 valence electrons. The number of hydrogen-bond acceptors (Lipinski definition) is 5. The van der Waals surface area contributed by atoms with Crippen molar-refractivity contribution in [1.29, 1.82) is 5.41 Å². The van der Waals surface area contributed by atoms with E-state index in [1.807, 2.05) is 0 Å². The average Bonchev–Trinajstić information content (AvgIpc) is 3.36. The topological polar surface area (TPSA) is 98.0 Å². The first-order valence-electron chi connectivity index (χ1n) is 10.6. The molecule has 3 atom stereocenters. The zero-order chi connectivity index (χ0) is 26.6. The fraction of sp³-hybridized carbons (Fsp3) is 0.348. The first-order valence-corrected chi connectivity index (χ1v) is 11.4. The number of benzene rings is 2. The van der Waals surface area contributed by atoms with Crippen molar-refractivity contribution in [2.24, 2.45) is 5.16 Å². The molecule has 0 aliphatic carbocycles. The molecule has 1 fully saturated rings. The van der Waals surface area contributed by atoms with Crippen molar-refractivity contribution in [2.45, 2.75) is 43.8 Å². The number of rotatable bonds is 4. The Morgan fingerprint density at radius 2 is 1.97 bits per heavy atom. The highest BCUT2D eigenvalue weighted by Gasteiger charge is 2.62. The van der Waals surface area contributed by atoms with Crippen LogP contribution in [0.2, 0.25) is 10.0 Å². The Bertz CT molecular complexity index is 1260. The van der Waals surface area contributed by atoms with E-state index in [1.54, 1.807) is 0 Å². The van der Waals surface area contributed by atoms with E-state index in [2.05, 4.69) is 10.5 Å². The maximum absolute atomic E-state index is 14.2. The fourth-order valence-electron chi connectivity index (χ4n) is 4.16. The van der Waals surface area contributed by atoms with Crippen LogP contribution in [-0.2, 0) is 10.4 Å². The number of likely N-dealkylation sites (tertiary alicyclic amines) is 1. The molecular weight excluding hydrogens is 527 g/mol. The van der Waals surface area contributed by atoms with E-state index in [1.165, 1.54) is 37.1 Å². The second-order valence-electron chi connectivity index (χ2n) is 8.67. The van der Waals surface area contributed by atoms with Crippen LogP contribution in [0.1, 0.15) is 39.9 Å². The maximum atomic E-state index is 14.2. The summed E-state index contributed by atoms with van der Waals surface area (Å²) >= 11 is 12.1. The highest BCUT2D eigenvalue weighted by molar-refractivity contribution is 6.34. The van der Waals surface area contributed by atoms with Gasteiger partial charge in [-0.2, -0.15) is 13.2 Å². The molecule has 7 nitrogen and oxygen atoms in total. The molecule has 0 aromatic heterocycles. The smallest absolute Gasteiger partial charge is 0.374 e. The van der Waals surface area contributed by atoms with Gasteiger partial charge in [0.1, 0.15) is 12.0 Å². The Kier molecular flexibility index (Phi) is 6.69. The molecule has 4 rings (SSSR count). The van der Waals surface area contributed by atoms with Crippen molar-refractivity contribution in [3.63, 3.8) is 0 Å². The van der Waals surface area contributed by atoms with E-state index in [9.17, 15) is 27.5 Å². The van der Waals surface area contributed by atoms with Crippen LogP contribution in [0.4, 0.5) is 17.6 Å². The molecule has 3 unspecified atom stereocenters. The SMILES string of the molecule is Cc1cc(C2(C(F)(F)F)CC(c3ccc(C(=O)NC4CC(=N)N(C)C4O)c(Cl)c3)=NO2)cc(Cl)c1F. The number of amidine groups is 1. The van der Waals surface area contributed by atoms with E-state index in [4.69, 9.17) is 33.4 Å². The molecule has 2 aromatic rings. The van der Waals surface area contributed by atoms with Crippen LogP contribution in [-0.4, -0.2) is 53.0 Å². The van der Waals surface area contributed by atoms with Crippen LogP contribution < -0.4 is 5.32 Å². The molecule has 1 saturated heterocycles. The third-order valence-corrected chi connectivity index (χ3v) is 6.91. The lowest BCUT2D eigenvalue weighted by molar-refractivity contribution is -0.275. The summed E-state index contributed by atoms with van der Waals surface area (Å²) in [6.07, 6.45) is -6.61. The monoisotopic (exact) mass is 546 g/mol. The lowest BCUT2D eigenvalue weighted by atomic mass is 9.85. The van der Waals surface area contributed by atoms with Crippen molar-refractivity contribution in [3.05, 3.63) is 68.4 Å². The number of carbonyl (C=O) groups excluding carboxylic acids is 1. The Balaban J connectivity index is 1.58. The number of halogens is 6. The molecule has 13 heteroatoms. The number of aryl methyl sites for hydroxylation is 1. The van der Waals surface area contributed by atoms with Crippen LogP contribution >= 0.6 is 23.2 Å². The third kappa shape index (κ3) is 4.39. The molecule has 0 spiro atoms. The number of hydrogen-bond donors (Lipinski definition) is 3. The largest absolute Gasteiger partial charge is 0.435 e. The summed E-state index contributed by atoms with van der Waals surface area (Å²) in [6.45, 7) is 1.29. The van der Waals surface area contributed by atoms with Crippen LogP contribution in [0.3, 0.4) is 0 Å². The van der Waals surface area contributed by atoms with Gasteiger partial charge in [0.25, 0.3) is 11.5 Å². The highest BCUT2D eigenvalue weighted by Crippen LogP contribution is 2.49. The van der Waals surface area contributed by atoms with Crippen LogP contribution in [0.5, 0.6) is 0 Å². The summed E-state index contributed by atoms with van der Waals surface area (Å²) in [6, 6.07) is 5.13. The van der Waals surface area contributed by atoms with Gasteiger partial charge in [-0.25, -0.2) is 4.39 Å². The molecule has 0 radical (unpaired) electrons. The quantitative estimate of drug-likeness (QED) is 0.482. The normalized spacial score (nSPS) is 24.1. The van der Waals surface area contributed by atoms with Gasteiger partial charge in [-0.3, -0.25) is 10.2 Å². The van der Waals surface area contributed by atoms with E-state index >= 15 is 0 Å². The van der Waals surface area contributed by atoms with Gasteiger partial charge in [-0.1, -0.05) is 34.4 Å². The van der Waals surface area contributed by atoms with Gasteiger partial charge in [0.05, 0.1) is 33.2 Å². The standard InChI is InChI=1S/C23H20Cl2F4N4O3/c1-10-5-12(7-15(25)19(10)26)22(23(27,28)29)9-17(32-36-22)11-3-4-13(14(24)6-11)20(34)31-16-8-18(30)33(2)21(16)35/h3-7,16,21,30,35H,8-9H2,1-2H3,(H,31,34). The molecule has 2 aliphatic heterocycles. The molecule has 2 aliphatic rings. The minimum atomic E-state index is -4.92. The predicted octanol–water partition coefficient (Wildman–Crippen LogP) is 4.75. The van der Waals surface area contributed by atoms with Gasteiger partial charge >= 0.3 is 6.18 Å². The van der Waals surface area contributed by atoms with Crippen LogP contribution in [0, 0.1) is 18.2 Å². The minimum Gasteiger partial charge on any atom is -0.374 e. The number of oxime groups is 1. The zero-order valence-corrected chi connectivity index (χ0v) is 20.4. The van der Waals surface area contributed by atoms with Gasteiger partial charge in [0, 0.05) is 31.0 Å². The summed E-state index contributed by atoms with van der Waals surface area (Å²) in [5, 5.41) is 23.6. The summed E-state index contributed by atoms with van der Waals surface area (Å²) in [5.74, 6) is -1.30. The van der Waals surface area contributed by atoms with Gasteiger partial charge in [-0.15, -0.1) is 0 Å². The highest BCUT2D eigenvalue weighted by atomic mass is 35.5. The van der Waals surface area contributed by atoms with Crippen molar-refractivity contribution in [1.82, 2.24) is 10.2 Å². The number of aliphatic hydroxyl groups is 1. The van der Waals surface area contributed by atoms with Crippen LogP contribution in [0.15, 0.2) is 35.5 Å². The van der Waals surface area contributed by atoms with Crippen molar-refractivity contribution in [2.75, 3.05) is 7.05 Å².